The van der Waals surface area contributed by atoms with E-state index in [1.165, 1.54) is 0 Å². The molecular weight excluding hydrogens is 334 g/mol. The van der Waals surface area contributed by atoms with Crippen LogP contribution in [0.25, 0.3) is 0 Å². The molecule has 0 amide bonds. The molecule has 1 aromatic rings. The molecule has 7 heteroatoms. The van der Waals surface area contributed by atoms with Crippen molar-refractivity contribution in [3.63, 3.8) is 0 Å². The van der Waals surface area contributed by atoms with Crippen molar-refractivity contribution in [1.82, 2.24) is 4.72 Å². The van der Waals surface area contributed by atoms with Crippen LogP contribution in [0.3, 0.4) is 0 Å². The lowest BCUT2D eigenvalue weighted by molar-refractivity contribution is -0.139. The van der Waals surface area contributed by atoms with Crippen LogP contribution in [-0.2, 0) is 20.6 Å². The fourth-order valence-electron chi connectivity index (χ4n) is 1.58. The molecule has 2 N–H and O–H groups in total. The third kappa shape index (κ3) is 5.71. The maximum absolute atomic E-state index is 11.9. The SMILES string of the molecule is CCCC(NS(=O)(=O)Cc1ccc(Br)cc1)C(=O)O. The first-order valence-electron chi connectivity index (χ1n) is 5.81. The number of hydrogen-bond acceptors (Lipinski definition) is 3. The predicted molar refractivity (Wildman–Crippen MR) is 76.2 cm³/mol. The van der Waals surface area contributed by atoms with Crippen LogP contribution in [0.1, 0.15) is 25.3 Å². The summed E-state index contributed by atoms with van der Waals surface area (Å²) in [6.07, 6.45) is 0.868. The summed E-state index contributed by atoms with van der Waals surface area (Å²) in [5, 5.41) is 8.94. The molecule has 0 saturated carbocycles. The minimum absolute atomic E-state index is 0.228. The third-order valence-electron chi connectivity index (χ3n) is 2.47. The molecule has 5 nitrogen and oxygen atoms in total. The molecule has 0 heterocycles. The molecule has 1 atom stereocenters. The minimum atomic E-state index is -3.66. The quantitative estimate of drug-likeness (QED) is 0.789. The fraction of sp³-hybridized carbons (Fsp3) is 0.417. The molecule has 1 rings (SSSR count). The van der Waals surface area contributed by atoms with Gasteiger partial charge in [0, 0.05) is 4.47 Å². The van der Waals surface area contributed by atoms with Gasteiger partial charge in [0.05, 0.1) is 5.75 Å². The van der Waals surface area contributed by atoms with Crippen molar-refractivity contribution < 1.29 is 18.3 Å². The molecule has 1 unspecified atom stereocenters. The molecule has 0 aliphatic rings. The van der Waals surface area contributed by atoms with Gasteiger partial charge in [0.2, 0.25) is 10.0 Å². The first-order chi connectivity index (χ1) is 8.84. The van der Waals surface area contributed by atoms with E-state index < -0.39 is 22.0 Å². The normalized spacial score (nSPS) is 13.2. The molecule has 0 bridgehead atoms. The summed E-state index contributed by atoms with van der Waals surface area (Å²) in [5.74, 6) is -1.38. The van der Waals surface area contributed by atoms with Crippen LogP contribution < -0.4 is 4.72 Å². The Balaban J connectivity index is 2.75. The van der Waals surface area contributed by atoms with Crippen molar-refractivity contribution in [3.8, 4) is 0 Å². The van der Waals surface area contributed by atoms with Crippen LogP contribution in [0.15, 0.2) is 28.7 Å². The number of benzene rings is 1. The number of carboxylic acids is 1. The van der Waals surface area contributed by atoms with Crippen molar-refractivity contribution in [1.29, 1.82) is 0 Å². The number of nitrogens with one attached hydrogen (secondary N) is 1. The lowest BCUT2D eigenvalue weighted by atomic mass is 10.2. The second-order valence-corrected chi connectivity index (χ2v) is 6.85. The van der Waals surface area contributed by atoms with Gasteiger partial charge in [0.1, 0.15) is 6.04 Å². The average molecular weight is 350 g/mol. The van der Waals surface area contributed by atoms with E-state index in [1.54, 1.807) is 31.2 Å². The Labute approximate surface area is 121 Å². The van der Waals surface area contributed by atoms with Gasteiger partial charge >= 0.3 is 5.97 Å². The van der Waals surface area contributed by atoms with E-state index in [0.29, 0.717) is 12.0 Å². The van der Waals surface area contributed by atoms with Gasteiger partial charge in [-0.3, -0.25) is 4.79 Å². The number of hydrogen-bond donors (Lipinski definition) is 2. The molecule has 0 spiro atoms. The minimum Gasteiger partial charge on any atom is -0.480 e. The van der Waals surface area contributed by atoms with Crippen molar-refractivity contribution >= 4 is 31.9 Å². The Hall–Kier alpha value is -0.920. The summed E-state index contributed by atoms with van der Waals surface area (Å²) >= 11 is 3.26. The molecule has 19 heavy (non-hydrogen) atoms. The molecule has 0 aliphatic heterocycles. The van der Waals surface area contributed by atoms with E-state index >= 15 is 0 Å². The van der Waals surface area contributed by atoms with E-state index in [4.69, 9.17) is 5.11 Å². The highest BCUT2D eigenvalue weighted by Crippen LogP contribution is 2.13. The highest BCUT2D eigenvalue weighted by atomic mass is 79.9. The van der Waals surface area contributed by atoms with E-state index in [9.17, 15) is 13.2 Å². The zero-order valence-corrected chi connectivity index (χ0v) is 12.9. The molecule has 0 aromatic heterocycles. The maximum Gasteiger partial charge on any atom is 0.321 e. The summed E-state index contributed by atoms with van der Waals surface area (Å²) in [7, 11) is -3.66. The summed E-state index contributed by atoms with van der Waals surface area (Å²) in [4.78, 5) is 10.9. The lowest BCUT2D eigenvalue weighted by Gasteiger charge is -2.13. The van der Waals surface area contributed by atoms with Gasteiger partial charge in [-0.1, -0.05) is 41.4 Å². The Morgan fingerprint density at radius 3 is 2.42 bits per heavy atom. The summed E-state index contributed by atoms with van der Waals surface area (Å²) in [5.41, 5.74) is 0.608. The second kappa shape index (κ2) is 7.02. The van der Waals surface area contributed by atoms with Gasteiger partial charge in [0.25, 0.3) is 0 Å². The van der Waals surface area contributed by atoms with Crippen molar-refractivity contribution in [3.05, 3.63) is 34.3 Å². The molecular formula is C12H16BrNO4S. The van der Waals surface area contributed by atoms with Gasteiger partial charge in [-0.05, 0) is 24.1 Å². The van der Waals surface area contributed by atoms with Crippen molar-refractivity contribution in [2.24, 2.45) is 0 Å². The van der Waals surface area contributed by atoms with E-state index in [2.05, 4.69) is 20.7 Å². The van der Waals surface area contributed by atoms with Crippen LogP contribution >= 0.6 is 15.9 Å². The summed E-state index contributed by atoms with van der Waals surface area (Å²) in [6, 6.07) is 5.78. The van der Waals surface area contributed by atoms with Crippen molar-refractivity contribution in [2.45, 2.75) is 31.6 Å². The van der Waals surface area contributed by atoms with Gasteiger partial charge in [-0.2, -0.15) is 0 Å². The lowest BCUT2D eigenvalue weighted by Crippen LogP contribution is -2.41. The number of aliphatic carboxylic acids is 1. The number of carboxylic acid groups (broad SMARTS) is 1. The molecule has 0 aliphatic carbocycles. The largest absolute Gasteiger partial charge is 0.480 e. The Morgan fingerprint density at radius 2 is 1.95 bits per heavy atom. The zero-order valence-electron chi connectivity index (χ0n) is 10.5. The van der Waals surface area contributed by atoms with Gasteiger partial charge in [-0.15, -0.1) is 0 Å². The number of carbonyl (C=O) groups is 1. The fourth-order valence-corrected chi connectivity index (χ4v) is 3.21. The number of halogens is 1. The monoisotopic (exact) mass is 349 g/mol. The molecule has 0 saturated heterocycles. The van der Waals surface area contributed by atoms with Crippen LogP contribution in [0.2, 0.25) is 0 Å². The van der Waals surface area contributed by atoms with Gasteiger partial charge < -0.3 is 5.11 Å². The summed E-state index contributed by atoms with van der Waals surface area (Å²) < 4.78 is 26.9. The number of sulfonamides is 1. The van der Waals surface area contributed by atoms with Gasteiger partial charge in [0.15, 0.2) is 0 Å². The zero-order chi connectivity index (χ0) is 14.5. The number of rotatable bonds is 7. The van der Waals surface area contributed by atoms with Crippen LogP contribution in [0.5, 0.6) is 0 Å². The van der Waals surface area contributed by atoms with Crippen LogP contribution in [0, 0.1) is 0 Å². The highest BCUT2D eigenvalue weighted by Gasteiger charge is 2.23. The van der Waals surface area contributed by atoms with Crippen molar-refractivity contribution in [2.75, 3.05) is 0 Å². The predicted octanol–water partition coefficient (Wildman–Crippen LogP) is 2.12. The molecule has 1 aromatic carbocycles. The standard InChI is InChI=1S/C12H16BrNO4S/c1-2-3-11(12(15)16)14-19(17,18)8-9-4-6-10(13)7-5-9/h4-7,11,14H,2-3,8H2,1H3,(H,15,16). The maximum atomic E-state index is 11.9. The second-order valence-electron chi connectivity index (χ2n) is 4.18. The molecule has 106 valence electrons. The molecule has 0 fully saturated rings. The van der Waals surface area contributed by atoms with E-state index in [0.717, 1.165) is 4.47 Å². The van der Waals surface area contributed by atoms with Gasteiger partial charge in [-0.25, -0.2) is 13.1 Å². The molecule has 0 radical (unpaired) electrons. The Kier molecular flexibility index (Phi) is 5.96. The van der Waals surface area contributed by atoms with E-state index in [1.807, 2.05) is 0 Å². The third-order valence-corrected chi connectivity index (χ3v) is 4.35. The first kappa shape index (κ1) is 16.1. The Bertz CT molecular complexity index is 527. The van der Waals surface area contributed by atoms with Crippen LogP contribution in [0.4, 0.5) is 0 Å². The summed E-state index contributed by atoms with van der Waals surface area (Å²) in [6.45, 7) is 1.80. The topological polar surface area (TPSA) is 83.5 Å². The smallest absolute Gasteiger partial charge is 0.321 e. The van der Waals surface area contributed by atoms with Crippen LogP contribution in [-0.4, -0.2) is 25.5 Å². The first-order valence-corrected chi connectivity index (χ1v) is 8.26. The highest BCUT2D eigenvalue weighted by molar-refractivity contribution is 9.10. The Morgan fingerprint density at radius 1 is 1.37 bits per heavy atom. The van der Waals surface area contributed by atoms with E-state index in [-0.39, 0.29) is 12.2 Å². The average Bonchev–Trinajstić information content (AvgIpc) is 2.31.